The lowest BCUT2D eigenvalue weighted by Crippen LogP contribution is -2.41. The molecule has 10 heteroatoms. The van der Waals surface area contributed by atoms with E-state index in [4.69, 9.17) is 4.74 Å². The number of aryl methyl sites for hydroxylation is 1. The van der Waals surface area contributed by atoms with Gasteiger partial charge in [-0.15, -0.1) is 0 Å². The molecule has 186 valence electrons. The molecular weight excluding hydrogens is 470 g/mol. The predicted octanol–water partition coefficient (Wildman–Crippen LogP) is 4.95. The normalized spacial score (nSPS) is 11.5. The Morgan fingerprint density at radius 1 is 1.09 bits per heavy atom. The number of carbonyl (C=O) groups excluding carboxylic acids is 2. The van der Waals surface area contributed by atoms with Gasteiger partial charge < -0.3 is 15.4 Å². The van der Waals surface area contributed by atoms with Gasteiger partial charge in [0, 0.05) is 23.9 Å². The molecule has 2 aromatic carbocycles. The molecule has 0 saturated carbocycles. The first-order valence-electron chi connectivity index (χ1n) is 11.1. The summed E-state index contributed by atoms with van der Waals surface area (Å²) in [5, 5.41) is 10.7. The highest BCUT2D eigenvalue weighted by atomic mass is 28.3. The minimum atomic E-state index is -2.72. The highest BCUT2D eigenvalue weighted by Crippen LogP contribution is 2.36. The molecule has 1 heterocycles. The van der Waals surface area contributed by atoms with Crippen molar-refractivity contribution in [2.75, 3.05) is 17.7 Å². The molecule has 3 rings (SSSR count). The monoisotopic (exact) mass is 500 g/mol. The van der Waals surface area contributed by atoms with Crippen LogP contribution in [0, 0.1) is 6.92 Å². The second-order valence-electron chi connectivity index (χ2n) is 9.29. The van der Waals surface area contributed by atoms with Crippen LogP contribution in [0.2, 0.25) is 19.6 Å². The first-order valence-corrected chi connectivity index (χ1v) is 14.6. The number of aromatic nitrogens is 2. The van der Waals surface area contributed by atoms with Crippen LogP contribution in [0.25, 0.3) is 11.1 Å². The van der Waals surface area contributed by atoms with Gasteiger partial charge in [0.25, 0.3) is 6.43 Å². The Kier molecular flexibility index (Phi) is 7.74. The van der Waals surface area contributed by atoms with Crippen molar-refractivity contribution in [1.82, 2.24) is 9.78 Å². The number of halogens is 2. The molecule has 0 aliphatic rings. The van der Waals surface area contributed by atoms with Gasteiger partial charge in [-0.05, 0) is 41.9 Å². The number of ether oxygens (including phenoxy) is 1. The van der Waals surface area contributed by atoms with Crippen LogP contribution in [0.5, 0.6) is 5.75 Å². The lowest BCUT2D eigenvalue weighted by molar-refractivity contribution is -0.117. The van der Waals surface area contributed by atoms with Gasteiger partial charge in [-0.25, -0.2) is 8.78 Å². The highest BCUT2D eigenvalue weighted by molar-refractivity contribution is 6.90. The third-order valence-corrected chi connectivity index (χ3v) is 7.52. The van der Waals surface area contributed by atoms with E-state index in [2.05, 4.69) is 35.4 Å². The summed E-state index contributed by atoms with van der Waals surface area (Å²) in [4.78, 5) is 25.1. The number of anilines is 2. The van der Waals surface area contributed by atoms with E-state index in [1.54, 1.807) is 26.2 Å². The van der Waals surface area contributed by atoms with Crippen molar-refractivity contribution < 1.29 is 23.1 Å². The van der Waals surface area contributed by atoms with Crippen molar-refractivity contribution in [1.29, 1.82) is 0 Å². The largest absolute Gasteiger partial charge is 0.497 e. The van der Waals surface area contributed by atoms with E-state index >= 15 is 0 Å². The van der Waals surface area contributed by atoms with E-state index in [1.165, 1.54) is 17.7 Å². The van der Waals surface area contributed by atoms with Crippen molar-refractivity contribution in [3.8, 4) is 16.9 Å². The number of nitrogens with one attached hydrogen (secondary N) is 2. The average Bonchev–Trinajstić information content (AvgIpc) is 3.13. The summed E-state index contributed by atoms with van der Waals surface area (Å²) in [5.74, 6) is 0.0153. The molecule has 0 fully saturated rings. The van der Waals surface area contributed by atoms with Gasteiger partial charge in [-0.3, -0.25) is 14.3 Å². The summed E-state index contributed by atoms with van der Waals surface area (Å²) in [6, 6.07) is 12.4. The second-order valence-corrected chi connectivity index (χ2v) is 14.3. The zero-order valence-corrected chi connectivity index (χ0v) is 21.7. The molecule has 0 bridgehead atoms. The Hall–Kier alpha value is -3.53. The molecule has 0 aliphatic heterocycles. The zero-order chi connectivity index (χ0) is 25.9. The zero-order valence-electron chi connectivity index (χ0n) is 20.7. The lowest BCUT2D eigenvalue weighted by atomic mass is 10.0. The summed E-state index contributed by atoms with van der Waals surface area (Å²) in [7, 11) is -0.402. The van der Waals surface area contributed by atoms with Crippen molar-refractivity contribution >= 4 is 36.4 Å². The third-order valence-electron chi connectivity index (χ3n) is 5.48. The van der Waals surface area contributed by atoms with E-state index in [0.29, 0.717) is 28.4 Å². The Morgan fingerprint density at radius 2 is 1.74 bits per heavy atom. The number of carbonyl (C=O) groups is 2. The molecule has 1 aromatic heterocycles. The van der Waals surface area contributed by atoms with Gasteiger partial charge in [0.15, 0.2) is 0 Å². The standard InChI is InChI=1S/C25H30F2N4O3Si/c1-15-13-20(25(26)27)30-31(15)14-22(33)29-24-21(35(4,5)6)12-11-19(28-16(2)32)23(24)17-7-9-18(34-3)10-8-17/h7-13,25H,14H2,1-6H3,(H,28,32)(H,29,33). The molecule has 3 aromatic rings. The Balaban J connectivity index is 2.12. The quantitative estimate of drug-likeness (QED) is 0.429. The Labute approximate surface area is 204 Å². The molecule has 0 spiro atoms. The van der Waals surface area contributed by atoms with Crippen LogP contribution < -0.4 is 20.6 Å². The van der Waals surface area contributed by atoms with E-state index in [0.717, 1.165) is 10.8 Å². The maximum Gasteiger partial charge on any atom is 0.282 e. The fourth-order valence-electron chi connectivity index (χ4n) is 3.83. The molecule has 0 aliphatic carbocycles. The van der Waals surface area contributed by atoms with Crippen LogP contribution in [0.1, 0.15) is 24.7 Å². The fraction of sp³-hybridized carbons (Fsp3) is 0.320. The van der Waals surface area contributed by atoms with E-state index in [9.17, 15) is 18.4 Å². The fourth-order valence-corrected chi connectivity index (χ4v) is 5.35. The number of hydrogen-bond donors (Lipinski definition) is 2. The smallest absolute Gasteiger partial charge is 0.282 e. The van der Waals surface area contributed by atoms with Gasteiger partial charge in [0.2, 0.25) is 11.8 Å². The van der Waals surface area contributed by atoms with Crippen molar-refractivity contribution in [2.45, 2.75) is 46.5 Å². The summed E-state index contributed by atoms with van der Waals surface area (Å²) in [6.45, 7) is 9.28. The minimum Gasteiger partial charge on any atom is -0.497 e. The molecular formula is C25H30F2N4O3Si. The van der Waals surface area contributed by atoms with Crippen LogP contribution in [-0.4, -0.2) is 36.8 Å². The molecule has 0 saturated heterocycles. The van der Waals surface area contributed by atoms with Crippen LogP contribution in [-0.2, 0) is 16.1 Å². The predicted molar refractivity (Wildman–Crippen MR) is 136 cm³/mol. The topological polar surface area (TPSA) is 85.3 Å². The lowest BCUT2D eigenvalue weighted by Gasteiger charge is -2.26. The van der Waals surface area contributed by atoms with Crippen molar-refractivity contribution in [3.63, 3.8) is 0 Å². The third kappa shape index (κ3) is 6.13. The van der Waals surface area contributed by atoms with Gasteiger partial charge in [0.05, 0.1) is 20.9 Å². The Morgan fingerprint density at radius 3 is 2.26 bits per heavy atom. The molecule has 0 unspecified atom stereocenters. The van der Waals surface area contributed by atoms with E-state index in [-0.39, 0.29) is 18.1 Å². The molecule has 2 amide bonds. The van der Waals surface area contributed by atoms with Crippen molar-refractivity contribution in [2.24, 2.45) is 0 Å². The number of nitrogens with zero attached hydrogens (tertiary/aromatic N) is 2. The number of methoxy groups -OCH3 is 1. The highest BCUT2D eigenvalue weighted by Gasteiger charge is 2.26. The van der Waals surface area contributed by atoms with Crippen LogP contribution in [0.15, 0.2) is 42.5 Å². The average molecular weight is 501 g/mol. The van der Waals surface area contributed by atoms with Gasteiger partial charge >= 0.3 is 0 Å². The van der Waals surface area contributed by atoms with Gasteiger partial charge in [-0.1, -0.05) is 37.8 Å². The summed E-state index contributed by atoms with van der Waals surface area (Å²) in [5.41, 5.74) is 2.68. The van der Waals surface area contributed by atoms with E-state index < -0.39 is 20.4 Å². The minimum absolute atomic E-state index is 0.226. The molecule has 0 radical (unpaired) electrons. The summed E-state index contributed by atoms with van der Waals surface area (Å²) >= 11 is 0. The summed E-state index contributed by atoms with van der Waals surface area (Å²) in [6.07, 6.45) is -2.72. The first kappa shape index (κ1) is 26.1. The molecule has 2 N–H and O–H groups in total. The number of benzene rings is 2. The second kappa shape index (κ2) is 10.4. The number of amides is 2. The number of rotatable bonds is 8. The first-order chi connectivity index (χ1) is 16.4. The number of alkyl halides is 2. The Bertz CT molecular complexity index is 1230. The van der Waals surface area contributed by atoms with E-state index in [1.807, 2.05) is 24.3 Å². The van der Waals surface area contributed by atoms with Crippen molar-refractivity contribution in [3.05, 3.63) is 53.9 Å². The summed E-state index contributed by atoms with van der Waals surface area (Å²) < 4.78 is 32.6. The molecule has 35 heavy (non-hydrogen) atoms. The number of hydrogen-bond acceptors (Lipinski definition) is 4. The van der Waals surface area contributed by atoms with Crippen LogP contribution >= 0.6 is 0 Å². The van der Waals surface area contributed by atoms with Gasteiger partial charge in [0.1, 0.15) is 18.0 Å². The van der Waals surface area contributed by atoms with Crippen LogP contribution in [0.4, 0.5) is 20.2 Å². The molecule has 0 atom stereocenters. The maximum atomic E-state index is 13.2. The molecule has 7 nitrogen and oxygen atoms in total. The maximum absolute atomic E-state index is 13.2. The van der Waals surface area contributed by atoms with Crippen LogP contribution in [0.3, 0.4) is 0 Å². The van der Waals surface area contributed by atoms with Gasteiger partial charge in [-0.2, -0.15) is 5.10 Å². The SMILES string of the molecule is COc1ccc(-c2c(NC(C)=O)ccc([Si](C)(C)C)c2NC(=O)Cn2nc(C(F)F)cc2C)cc1.